The summed E-state index contributed by atoms with van der Waals surface area (Å²) in [5, 5.41) is 11.0. The van der Waals surface area contributed by atoms with E-state index in [1.807, 2.05) is 48.5 Å². The average Bonchev–Trinajstić information content (AvgIpc) is 3.92. The summed E-state index contributed by atoms with van der Waals surface area (Å²) in [6.07, 6.45) is 0. The highest BCUT2D eigenvalue weighted by Gasteiger charge is 2.20. The number of hydrogen-bond acceptors (Lipinski definition) is 5. The molecule has 0 aliphatic rings. The van der Waals surface area contributed by atoms with E-state index in [4.69, 9.17) is 23.8 Å². The predicted molar refractivity (Wildman–Crippen MR) is 254 cm³/mol. The Morgan fingerprint density at radius 3 is 1.60 bits per heavy atom. The van der Waals surface area contributed by atoms with E-state index in [0.717, 1.165) is 104 Å². The van der Waals surface area contributed by atoms with Gasteiger partial charge in [-0.1, -0.05) is 152 Å². The van der Waals surface area contributed by atoms with Gasteiger partial charge in [-0.2, -0.15) is 0 Å². The quantitative estimate of drug-likeness (QED) is 0.174. The van der Waals surface area contributed by atoms with Crippen molar-refractivity contribution in [2.45, 2.75) is 0 Å². The smallest absolute Gasteiger partial charge is 0.164 e. The number of nitrogens with zero attached hydrogens (tertiary/aromatic N) is 3. The van der Waals surface area contributed by atoms with E-state index >= 15 is 0 Å². The van der Waals surface area contributed by atoms with Crippen molar-refractivity contribution >= 4 is 76.2 Å². The second kappa shape index (κ2) is 13.6. The van der Waals surface area contributed by atoms with Gasteiger partial charge in [-0.05, 0) is 103 Å². The van der Waals surface area contributed by atoms with Crippen LogP contribution in [-0.4, -0.2) is 15.0 Å². The fourth-order valence-electron chi connectivity index (χ4n) is 9.36. The lowest BCUT2D eigenvalue weighted by Crippen LogP contribution is -2.01. The SMILES string of the molecule is c1ccc(-c2ccc3ccc(-c4nc(-c5ccc(-c6ccc7ccc8oc9ccccc9c8c7c6)c6ccccc56)nc(-c5cccc6oc7ccccc7c56)n4)cc3c2)cc1. The largest absolute Gasteiger partial charge is 0.456 e. The topological polar surface area (TPSA) is 65.0 Å². The number of fused-ring (bicyclic) bond motifs is 10. The molecule has 0 atom stereocenters. The van der Waals surface area contributed by atoms with Gasteiger partial charge in [0.15, 0.2) is 17.5 Å². The zero-order chi connectivity index (χ0) is 40.7. The first kappa shape index (κ1) is 34.5. The highest BCUT2D eigenvalue weighted by molar-refractivity contribution is 6.20. The molecule has 3 heterocycles. The molecule has 0 saturated heterocycles. The molecular formula is C57H33N3O2. The zero-order valence-electron chi connectivity index (χ0n) is 33.2. The molecule has 10 aromatic carbocycles. The predicted octanol–water partition coefficient (Wildman–Crippen LogP) is 15.5. The molecule has 0 radical (unpaired) electrons. The maximum absolute atomic E-state index is 6.34. The number of furan rings is 2. The first-order valence-corrected chi connectivity index (χ1v) is 20.8. The Morgan fingerprint density at radius 1 is 0.258 bits per heavy atom. The minimum absolute atomic E-state index is 0.583. The van der Waals surface area contributed by atoms with E-state index in [2.05, 4.69) is 152 Å². The third-order valence-corrected chi connectivity index (χ3v) is 12.3. The minimum Gasteiger partial charge on any atom is -0.456 e. The number of benzene rings is 10. The fraction of sp³-hybridized carbons (Fsp3) is 0. The van der Waals surface area contributed by atoms with Gasteiger partial charge in [-0.15, -0.1) is 0 Å². The number of aromatic nitrogens is 3. The molecule has 3 aromatic heterocycles. The third kappa shape index (κ3) is 5.45. The Morgan fingerprint density at radius 2 is 0.806 bits per heavy atom. The first-order valence-electron chi connectivity index (χ1n) is 20.8. The molecule has 0 amide bonds. The molecule has 5 nitrogen and oxygen atoms in total. The van der Waals surface area contributed by atoms with Gasteiger partial charge in [-0.3, -0.25) is 0 Å². The standard InChI is InChI=1S/C57H33N3O2/c1-2-11-34(12-3-1)37-24-21-35-22-26-39(32-40(35)31-37)55-58-56(60-57(59-55)47-17-10-20-51-53(47)45-15-6-8-18-49(45)61-51)44-29-28-41(42-13-4-5-14-43(42)44)38-25-23-36-27-30-52-54(48(36)33-38)46-16-7-9-19-50(46)62-52/h1-33H. The molecule has 0 spiro atoms. The summed E-state index contributed by atoms with van der Waals surface area (Å²) >= 11 is 0. The summed E-state index contributed by atoms with van der Waals surface area (Å²) in [5.41, 5.74) is 10.7. The molecule has 62 heavy (non-hydrogen) atoms. The van der Waals surface area contributed by atoms with Crippen LogP contribution in [0.3, 0.4) is 0 Å². The summed E-state index contributed by atoms with van der Waals surface area (Å²) < 4.78 is 12.6. The molecule has 0 bridgehead atoms. The van der Waals surface area contributed by atoms with Crippen molar-refractivity contribution < 1.29 is 8.83 Å². The van der Waals surface area contributed by atoms with Crippen LogP contribution in [0.5, 0.6) is 0 Å². The zero-order valence-corrected chi connectivity index (χ0v) is 33.2. The van der Waals surface area contributed by atoms with Crippen LogP contribution in [0, 0.1) is 0 Å². The molecule has 0 fully saturated rings. The molecule has 0 unspecified atom stereocenters. The summed E-state index contributed by atoms with van der Waals surface area (Å²) in [7, 11) is 0. The second-order valence-electron chi connectivity index (χ2n) is 15.9. The number of rotatable bonds is 5. The van der Waals surface area contributed by atoms with Crippen LogP contribution < -0.4 is 0 Å². The van der Waals surface area contributed by atoms with Gasteiger partial charge in [0.25, 0.3) is 0 Å². The van der Waals surface area contributed by atoms with Gasteiger partial charge in [0.2, 0.25) is 0 Å². The first-order chi connectivity index (χ1) is 30.7. The lowest BCUT2D eigenvalue weighted by molar-refractivity contribution is 0.668. The van der Waals surface area contributed by atoms with E-state index < -0.39 is 0 Å². The van der Waals surface area contributed by atoms with Crippen molar-refractivity contribution in [3.8, 4) is 56.4 Å². The van der Waals surface area contributed by atoms with Crippen molar-refractivity contribution in [3.63, 3.8) is 0 Å². The Bertz CT molecular complexity index is 3940. The molecule has 5 heteroatoms. The van der Waals surface area contributed by atoms with E-state index in [9.17, 15) is 0 Å². The molecule has 13 aromatic rings. The van der Waals surface area contributed by atoms with Crippen molar-refractivity contribution in [1.29, 1.82) is 0 Å². The Labute approximate surface area is 355 Å². The maximum atomic E-state index is 6.34. The minimum atomic E-state index is 0.583. The van der Waals surface area contributed by atoms with Crippen LogP contribution in [0.2, 0.25) is 0 Å². The van der Waals surface area contributed by atoms with Crippen LogP contribution in [0.15, 0.2) is 209 Å². The van der Waals surface area contributed by atoms with Gasteiger partial charge >= 0.3 is 0 Å². The fourth-order valence-corrected chi connectivity index (χ4v) is 9.36. The summed E-state index contributed by atoms with van der Waals surface area (Å²) in [5.74, 6) is 1.78. The van der Waals surface area contributed by atoms with Crippen molar-refractivity contribution in [2.75, 3.05) is 0 Å². The average molecular weight is 792 g/mol. The molecular weight excluding hydrogens is 759 g/mol. The molecule has 0 aliphatic carbocycles. The summed E-state index contributed by atoms with van der Waals surface area (Å²) in [6, 6.07) is 70.0. The normalized spacial score (nSPS) is 11.9. The molecule has 0 N–H and O–H groups in total. The van der Waals surface area contributed by atoms with Crippen LogP contribution >= 0.6 is 0 Å². The van der Waals surface area contributed by atoms with Gasteiger partial charge in [0.05, 0.1) is 0 Å². The van der Waals surface area contributed by atoms with Crippen molar-refractivity contribution in [1.82, 2.24) is 15.0 Å². The van der Waals surface area contributed by atoms with Crippen LogP contribution in [0.25, 0.3) is 133 Å². The maximum Gasteiger partial charge on any atom is 0.164 e. The van der Waals surface area contributed by atoms with E-state index in [0.29, 0.717) is 17.5 Å². The van der Waals surface area contributed by atoms with Crippen molar-refractivity contribution in [2.24, 2.45) is 0 Å². The van der Waals surface area contributed by atoms with Crippen LogP contribution in [-0.2, 0) is 0 Å². The number of hydrogen-bond donors (Lipinski definition) is 0. The number of para-hydroxylation sites is 2. The Hall–Kier alpha value is -8.41. The van der Waals surface area contributed by atoms with E-state index in [1.54, 1.807) is 0 Å². The molecule has 0 aliphatic heterocycles. The van der Waals surface area contributed by atoms with Crippen LogP contribution in [0.4, 0.5) is 0 Å². The highest BCUT2D eigenvalue weighted by atomic mass is 16.3. The van der Waals surface area contributed by atoms with Gasteiger partial charge in [0, 0.05) is 38.2 Å². The second-order valence-corrected chi connectivity index (χ2v) is 15.9. The molecule has 0 saturated carbocycles. The van der Waals surface area contributed by atoms with Gasteiger partial charge in [-0.25, -0.2) is 15.0 Å². The highest BCUT2D eigenvalue weighted by Crippen LogP contribution is 2.41. The Balaban J connectivity index is 1.02. The summed E-state index contributed by atoms with van der Waals surface area (Å²) in [6.45, 7) is 0. The van der Waals surface area contributed by atoms with Gasteiger partial charge in [0.1, 0.15) is 22.3 Å². The molecule has 13 rings (SSSR count). The Kier molecular flexibility index (Phi) is 7.54. The van der Waals surface area contributed by atoms with E-state index in [-0.39, 0.29) is 0 Å². The van der Waals surface area contributed by atoms with E-state index in [1.165, 1.54) is 10.9 Å². The van der Waals surface area contributed by atoms with Crippen LogP contribution in [0.1, 0.15) is 0 Å². The van der Waals surface area contributed by atoms with Gasteiger partial charge < -0.3 is 8.83 Å². The lowest BCUT2D eigenvalue weighted by Gasteiger charge is -2.14. The summed E-state index contributed by atoms with van der Waals surface area (Å²) in [4.78, 5) is 15.9. The monoisotopic (exact) mass is 791 g/mol. The van der Waals surface area contributed by atoms with Crippen molar-refractivity contribution in [3.05, 3.63) is 200 Å². The molecule has 288 valence electrons. The lowest BCUT2D eigenvalue weighted by atomic mass is 9.92. The third-order valence-electron chi connectivity index (χ3n) is 12.3.